The van der Waals surface area contributed by atoms with Gasteiger partial charge in [0.05, 0.1) is 17.0 Å². The lowest BCUT2D eigenvalue weighted by Gasteiger charge is -2.30. The molecule has 0 radical (unpaired) electrons. The summed E-state index contributed by atoms with van der Waals surface area (Å²) in [4.78, 5) is 11.6. The maximum Gasteiger partial charge on any atom is 0.306 e. The van der Waals surface area contributed by atoms with E-state index in [0.29, 0.717) is 37.1 Å². The Balaban J connectivity index is 1.65. The van der Waals surface area contributed by atoms with Crippen LogP contribution < -0.4 is 0 Å². The van der Waals surface area contributed by atoms with Gasteiger partial charge in [-0.3, -0.25) is 9.89 Å². The highest BCUT2D eigenvalue weighted by atomic mass is 19.2. The molecule has 1 aliphatic carbocycles. The van der Waals surface area contributed by atoms with Crippen molar-refractivity contribution in [2.24, 2.45) is 5.92 Å². The van der Waals surface area contributed by atoms with Crippen LogP contribution in [0.3, 0.4) is 0 Å². The van der Waals surface area contributed by atoms with Crippen molar-refractivity contribution in [3.05, 3.63) is 58.9 Å². The van der Waals surface area contributed by atoms with Gasteiger partial charge >= 0.3 is 5.97 Å². The SMILES string of the molecule is N#Cc1n[nH]c2cc3c(C4CCC(C(=O)O)CC4)c(C4CCOCC4)n(-c4ccc(F)c(F)c4)c3cc12. The van der Waals surface area contributed by atoms with Crippen molar-refractivity contribution in [3.8, 4) is 11.8 Å². The zero-order chi connectivity index (χ0) is 25.7. The molecule has 2 aromatic heterocycles. The first kappa shape index (κ1) is 23.6. The van der Waals surface area contributed by atoms with Gasteiger partial charge in [0, 0.05) is 47.4 Å². The van der Waals surface area contributed by atoms with E-state index in [1.54, 1.807) is 6.07 Å². The minimum Gasteiger partial charge on any atom is -0.481 e. The van der Waals surface area contributed by atoms with E-state index in [2.05, 4.69) is 16.3 Å². The van der Waals surface area contributed by atoms with Gasteiger partial charge in [-0.1, -0.05) is 0 Å². The number of nitrogens with one attached hydrogen (secondary N) is 1. The number of rotatable bonds is 4. The highest BCUT2D eigenvalue weighted by Crippen LogP contribution is 2.47. The largest absolute Gasteiger partial charge is 0.481 e. The van der Waals surface area contributed by atoms with Gasteiger partial charge in [0.2, 0.25) is 0 Å². The molecule has 2 aliphatic rings. The normalized spacial score (nSPS) is 20.9. The number of carboxylic acids is 1. The second-order valence-corrected chi connectivity index (χ2v) is 10.1. The molecule has 0 bridgehead atoms. The molecule has 7 nitrogen and oxygen atoms in total. The van der Waals surface area contributed by atoms with Crippen LogP contribution in [0.5, 0.6) is 0 Å². The van der Waals surface area contributed by atoms with Gasteiger partial charge in [0.15, 0.2) is 17.3 Å². The molecule has 2 fully saturated rings. The number of H-pyrrole nitrogens is 1. The highest BCUT2D eigenvalue weighted by Gasteiger charge is 2.34. The highest BCUT2D eigenvalue weighted by molar-refractivity contribution is 6.00. The molecule has 9 heteroatoms. The molecule has 190 valence electrons. The number of nitrogens with zero attached hydrogens (tertiary/aromatic N) is 3. The molecule has 0 unspecified atom stereocenters. The first-order valence-corrected chi connectivity index (χ1v) is 12.7. The van der Waals surface area contributed by atoms with Crippen LogP contribution in [0.2, 0.25) is 0 Å². The Morgan fingerprint density at radius 1 is 1.03 bits per heavy atom. The number of aromatic amines is 1. The summed E-state index contributed by atoms with van der Waals surface area (Å²) in [7, 11) is 0. The van der Waals surface area contributed by atoms with Crippen LogP contribution in [0.15, 0.2) is 30.3 Å². The van der Waals surface area contributed by atoms with E-state index in [-0.39, 0.29) is 23.4 Å². The van der Waals surface area contributed by atoms with Gasteiger partial charge < -0.3 is 14.4 Å². The predicted molar refractivity (Wildman–Crippen MR) is 133 cm³/mol. The van der Waals surface area contributed by atoms with Crippen LogP contribution in [0, 0.1) is 28.9 Å². The number of fused-ring (bicyclic) bond motifs is 2. The Kier molecular flexibility index (Phi) is 5.92. The molecule has 3 heterocycles. The number of ether oxygens (including phenoxy) is 1. The number of halogens is 2. The summed E-state index contributed by atoms with van der Waals surface area (Å²) in [6.45, 7) is 1.22. The minimum atomic E-state index is -0.928. The molecular weight excluding hydrogens is 478 g/mol. The average Bonchev–Trinajstić information content (AvgIpc) is 3.47. The van der Waals surface area contributed by atoms with E-state index in [1.165, 1.54) is 6.07 Å². The molecule has 6 rings (SSSR count). The minimum absolute atomic E-state index is 0.123. The van der Waals surface area contributed by atoms with E-state index in [4.69, 9.17) is 4.74 Å². The quantitative estimate of drug-likeness (QED) is 0.360. The molecule has 0 amide bonds. The van der Waals surface area contributed by atoms with Gasteiger partial charge in [-0.15, -0.1) is 0 Å². The molecule has 37 heavy (non-hydrogen) atoms. The monoisotopic (exact) mass is 504 g/mol. The summed E-state index contributed by atoms with van der Waals surface area (Å²) in [6.07, 6.45) is 4.23. The number of carbonyl (C=O) groups is 1. The standard InChI is InChI=1S/C28H26F2N4O3/c29-21-6-5-18(11-22(21)30)34-25-13-19-23(32-33-24(19)14-31)12-20(25)26(27(34)16-7-9-37-10-8-16)15-1-3-17(4-2-15)28(35)36/h5-6,11-13,15-17H,1-4,7-10H2,(H,32,33)(H,35,36). The molecule has 0 spiro atoms. The number of hydrogen-bond acceptors (Lipinski definition) is 4. The van der Waals surface area contributed by atoms with Gasteiger partial charge in [-0.05, 0) is 74.3 Å². The molecular formula is C28H26F2N4O3. The van der Waals surface area contributed by atoms with Crippen LogP contribution in [0.1, 0.15) is 67.3 Å². The lowest BCUT2D eigenvalue weighted by atomic mass is 9.76. The Labute approximate surface area is 211 Å². The van der Waals surface area contributed by atoms with Gasteiger partial charge in [0.1, 0.15) is 6.07 Å². The van der Waals surface area contributed by atoms with Crippen LogP contribution in [-0.2, 0) is 9.53 Å². The Morgan fingerprint density at radius 3 is 2.46 bits per heavy atom. The van der Waals surface area contributed by atoms with Crippen molar-refractivity contribution in [3.63, 3.8) is 0 Å². The second kappa shape index (κ2) is 9.27. The predicted octanol–water partition coefficient (Wildman–Crippen LogP) is 5.91. The third-order valence-electron chi connectivity index (χ3n) is 8.09. The number of benzene rings is 2. The van der Waals surface area contributed by atoms with E-state index in [9.17, 15) is 23.9 Å². The van der Waals surface area contributed by atoms with Crippen molar-refractivity contribution < 1.29 is 23.4 Å². The second-order valence-electron chi connectivity index (χ2n) is 10.1. The fourth-order valence-corrected chi connectivity index (χ4v) is 6.26. The molecule has 4 aromatic rings. The van der Waals surface area contributed by atoms with E-state index < -0.39 is 17.6 Å². The Morgan fingerprint density at radius 2 is 1.78 bits per heavy atom. The molecule has 1 saturated heterocycles. The lowest BCUT2D eigenvalue weighted by Crippen LogP contribution is -2.23. The summed E-state index contributed by atoms with van der Waals surface area (Å²) < 4.78 is 36.1. The van der Waals surface area contributed by atoms with Crippen molar-refractivity contribution in [2.75, 3.05) is 13.2 Å². The van der Waals surface area contributed by atoms with Crippen molar-refractivity contribution in [2.45, 2.75) is 50.4 Å². The van der Waals surface area contributed by atoms with Crippen LogP contribution in [-0.4, -0.2) is 39.1 Å². The fraction of sp³-hybridized carbons (Fsp3) is 0.393. The maximum absolute atomic E-state index is 14.5. The lowest BCUT2D eigenvalue weighted by molar-refractivity contribution is -0.142. The maximum atomic E-state index is 14.5. The summed E-state index contributed by atoms with van der Waals surface area (Å²) in [5.74, 6) is -2.69. The molecule has 1 aliphatic heterocycles. The van der Waals surface area contributed by atoms with Crippen molar-refractivity contribution >= 4 is 27.8 Å². The van der Waals surface area contributed by atoms with E-state index >= 15 is 0 Å². The molecule has 1 saturated carbocycles. The number of aliphatic carboxylic acids is 1. The molecule has 2 N–H and O–H groups in total. The first-order valence-electron chi connectivity index (χ1n) is 12.7. The zero-order valence-corrected chi connectivity index (χ0v) is 20.1. The molecule has 2 aromatic carbocycles. The number of nitriles is 1. The summed E-state index contributed by atoms with van der Waals surface area (Å²) in [6, 6.07) is 9.96. The first-order chi connectivity index (χ1) is 18.0. The van der Waals surface area contributed by atoms with Crippen molar-refractivity contribution in [1.29, 1.82) is 5.26 Å². The van der Waals surface area contributed by atoms with Crippen LogP contribution >= 0.6 is 0 Å². The topological polar surface area (TPSA) is 104 Å². The zero-order valence-electron chi connectivity index (χ0n) is 20.1. The summed E-state index contributed by atoms with van der Waals surface area (Å²) in [5.41, 5.74) is 4.48. The Bertz CT molecular complexity index is 1550. The van der Waals surface area contributed by atoms with Crippen LogP contribution in [0.4, 0.5) is 8.78 Å². The summed E-state index contributed by atoms with van der Waals surface area (Å²) in [5, 5.41) is 27.9. The number of carboxylic acid groups (broad SMARTS) is 1. The van der Waals surface area contributed by atoms with Gasteiger partial charge in [-0.25, -0.2) is 8.78 Å². The number of hydrogen-bond donors (Lipinski definition) is 2. The van der Waals surface area contributed by atoms with E-state index in [1.807, 2.05) is 16.7 Å². The molecule has 0 atom stereocenters. The van der Waals surface area contributed by atoms with Crippen LogP contribution in [0.25, 0.3) is 27.5 Å². The van der Waals surface area contributed by atoms with Gasteiger partial charge in [0.25, 0.3) is 0 Å². The third-order valence-corrected chi connectivity index (χ3v) is 8.09. The number of aromatic nitrogens is 3. The Hall–Kier alpha value is -3.77. The third kappa shape index (κ3) is 3.96. The average molecular weight is 505 g/mol. The van der Waals surface area contributed by atoms with Gasteiger partial charge in [-0.2, -0.15) is 10.4 Å². The summed E-state index contributed by atoms with van der Waals surface area (Å²) >= 11 is 0. The van der Waals surface area contributed by atoms with E-state index in [0.717, 1.165) is 59.4 Å². The van der Waals surface area contributed by atoms with Crippen molar-refractivity contribution in [1.82, 2.24) is 14.8 Å². The smallest absolute Gasteiger partial charge is 0.306 e. The fourth-order valence-electron chi connectivity index (χ4n) is 6.26.